The number of hydrogen-bond acceptors (Lipinski definition) is 5. The largest absolute Gasteiger partial charge is 0.455 e. The second kappa shape index (κ2) is 8.41. The summed E-state index contributed by atoms with van der Waals surface area (Å²) >= 11 is 1.87. The summed E-state index contributed by atoms with van der Waals surface area (Å²) in [5, 5.41) is 3.45. The van der Waals surface area contributed by atoms with Crippen molar-refractivity contribution in [1.82, 2.24) is 9.55 Å². The van der Waals surface area contributed by atoms with Gasteiger partial charge in [-0.05, 0) is 24.3 Å². The molecule has 0 saturated carbocycles. The van der Waals surface area contributed by atoms with Gasteiger partial charge in [-0.2, -0.15) is 8.78 Å². The number of anilines is 1. The first-order valence-corrected chi connectivity index (χ1v) is 9.43. The minimum atomic E-state index is -2.56. The highest BCUT2D eigenvalue weighted by molar-refractivity contribution is 7.99. The maximum Gasteiger partial charge on any atom is 0.291 e. The number of benzene rings is 1. The summed E-state index contributed by atoms with van der Waals surface area (Å²) in [6.07, 6.45) is 3.55. The Morgan fingerprint density at radius 2 is 2.12 bits per heavy atom. The maximum atomic E-state index is 12.6. The summed E-state index contributed by atoms with van der Waals surface area (Å²) in [7, 11) is 1.89. The van der Waals surface area contributed by atoms with Gasteiger partial charge in [0.25, 0.3) is 11.7 Å². The first-order chi connectivity index (χ1) is 12.5. The molecule has 136 valence electrons. The molecule has 2 aromatic heterocycles. The molecule has 1 N–H and O–H groups in total. The number of amides is 1. The second-order valence-corrected chi connectivity index (χ2v) is 7.18. The van der Waals surface area contributed by atoms with Crippen LogP contribution in [0.3, 0.4) is 0 Å². The molecular weight excluding hydrogens is 380 g/mol. The number of furan rings is 1. The molecule has 2 heterocycles. The van der Waals surface area contributed by atoms with Gasteiger partial charge in [-0.25, -0.2) is 4.98 Å². The molecule has 3 aromatic rings. The molecule has 0 unspecified atom stereocenters. The van der Waals surface area contributed by atoms with Crippen molar-refractivity contribution in [3.8, 4) is 0 Å². The number of nitrogens with zero attached hydrogens (tertiary/aromatic N) is 2. The number of halogens is 2. The van der Waals surface area contributed by atoms with E-state index in [0.717, 1.165) is 5.16 Å². The SMILES string of the molecule is Cn1ccnc1SCc1ccc(C(=O)Nc2ccccc2SC(F)F)o1. The summed E-state index contributed by atoms with van der Waals surface area (Å²) in [5.41, 5.74) is 0.322. The van der Waals surface area contributed by atoms with Gasteiger partial charge in [-0.3, -0.25) is 4.79 Å². The molecule has 1 amide bonds. The number of nitrogens with one attached hydrogen (secondary N) is 1. The first kappa shape index (κ1) is 18.5. The lowest BCUT2D eigenvalue weighted by molar-refractivity contribution is 0.0995. The average molecular weight is 395 g/mol. The number of aryl methyl sites for hydroxylation is 1. The molecule has 0 radical (unpaired) electrons. The quantitative estimate of drug-likeness (QED) is 0.578. The van der Waals surface area contributed by atoms with Gasteiger partial charge < -0.3 is 14.3 Å². The number of carbonyl (C=O) groups is 1. The van der Waals surface area contributed by atoms with Crippen LogP contribution in [0.25, 0.3) is 0 Å². The van der Waals surface area contributed by atoms with E-state index in [0.29, 0.717) is 33.9 Å². The molecule has 3 rings (SSSR count). The van der Waals surface area contributed by atoms with Crippen LogP contribution in [0.1, 0.15) is 16.3 Å². The number of rotatable bonds is 7. The van der Waals surface area contributed by atoms with Crippen molar-refractivity contribution in [2.45, 2.75) is 21.6 Å². The summed E-state index contributed by atoms with van der Waals surface area (Å²) in [6.45, 7) is 0. The number of para-hydroxylation sites is 1. The number of hydrogen-bond donors (Lipinski definition) is 1. The molecule has 0 fully saturated rings. The van der Waals surface area contributed by atoms with Crippen LogP contribution in [-0.4, -0.2) is 21.2 Å². The Morgan fingerprint density at radius 3 is 2.85 bits per heavy atom. The van der Waals surface area contributed by atoms with E-state index in [1.807, 2.05) is 17.8 Å². The molecule has 0 aliphatic heterocycles. The zero-order valence-electron chi connectivity index (χ0n) is 13.7. The number of carbonyl (C=O) groups excluding carboxylic acids is 1. The van der Waals surface area contributed by atoms with Crippen LogP contribution in [0.4, 0.5) is 14.5 Å². The van der Waals surface area contributed by atoms with Gasteiger partial charge in [0, 0.05) is 24.3 Å². The van der Waals surface area contributed by atoms with Crippen LogP contribution < -0.4 is 5.32 Å². The highest BCUT2D eigenvalue weighted by atomic mass is 32.2. The molecule has 26 heavy (non-hydrogen) atoms. The van der Waals surface area contributed by atoms with Gasteiger partial charge in [0.1, 0.15) is 5.76 Å². The van der Waals surface area contributed by atoms with Crippen LogP contribution in [0.15, 0.2) is 63.3 Å². The van der Waals surface area contributed by atoms with Gasteiger partial charge in [0.05, 0.1) is 11.4 Å². The number of thioether (sulfide) groups is 2. The topological polar surface area (TPSA) is 60.1 Å². The molecule has 1 aromatic carbocycles. The third-order valence-electron chi connectivity index (χ3n) is 3.36. The van der Waals surface area contributed by atoms with Crippen molar-refractivity contribution in [3.63, 3.8) is 0 Å². The van der Waals surface area contributed by atoms with Gasteiger partial charge in [0.2, 0.25) is 0 Å². The van der Waals surface area contributed by atoms with E-state index >= 15 is 0 Å². The van der Waals surface area contributed by atoms with E-state index in [2.05, 4.69) is 10.3 Å². The van der Waals surface area contributed by atoms with Crippen molar-refractivity contribution in [1.29, 1.82) is 0 Å². The number of aromatic nitrogens is 2. The Bertz CT molecular complexity index is 896. The van der Waals surface area contributed by atoms with Gasteiger partial charge in [-0.1, -0.05) is 35.7 Å². The van der Waals surface area contributed by atoms with Crippen LogP contribution in [0.2, 0.25) is 0 Å². The molecular formula is C17H15F2N3O2S2. The lowest BCUT2D eigenvalue weighted by atomic mass is 10.3. The van der Waals surface area contributed by atoms with Gasteiger partial charge in [0.15, 0.2) is 10.9 Å². The minimum Gasteiger partial charge on any atom is -0.455 e. The van der Waals surface area contributed by atoms with Crippen LogP contribution in [0.5, 0.6) is 0 Å². The van der Waals surface area contributed by atoms with E-state index in [9.17, 15) is 13.6 Å². The molecule has 0 aliphatic carbocycles. The molecule has 0 spiro atoms. The Morgan fingerprint density at radius 1 is 1.31 bits per heavy atom. The predicted molar refractivity (Wildman–Crippen MR) is 97.7 cm³/mol. The monoisotopic (exact) mass is 395 g/mol. The van der Waals surface area contributed by atoms with Crippen LogP contribution >= 0.6 is 23.5 Å². The zero-order valence-corrected chi connectivity index (χ0v) is 15.3. The zero-order chi connectivity index (χ0) is 18.5. The fourth-order valence-corrected chi connectivity index (χ4v) is 3.58. The second-order valence-electron chi connectivity index (χ2n) is 5.20. The standard InChI is InChI=1S/C17H15F2N3O2S2/c1-22-9-8-20-17(22)25-10-11-6-7-13(24-11)15(23)21-12-4-2-3-5-14(12)26-16(18)19/h2-9,16H,10H2,1H3,(H,21,23). The lowest BCUT2D eigenvalue weighted by Crippen LogP contribution is -2.11. The number of imidazole rings is 1. The van der Waals surface area contributed by atoms with Gasteiger partial charge >= 0.3 is 0 Å². The predicted octanol–water partition coefficient (Wildman–Crippen LogP) is 4.87. The highest BCUT2D eigenvalue weighted by Gasteiger charge is 2.16. The number of alkyl halides is 2. The van der Waals surface area contributed by atoms with Gasteiger partial charge in [-0.15, -0.1) is 0 Å². The average Bonchev–Trinajstić information content (AvgIpc) is 3.23. The molecule has 5 nitrogen and oxygen atoms in total. The van der Waals surface area contributed by atoms with Crippen molar-refractivity contribution in [2.75, 3.05) is 5.32 Å². The summed E-state index contributed by atoms with van der Waals surface area (Å²) < 4.78 is 32.7. The van der Waals surface area contributed by atoms with E-state index in [4.69, 9.17) is 4.42 Å². The Balaban J connectivity index is 1.64. The first-order valence-electron chi connectivity index (χ1n) is 7.57. The van der Waals surface area contributed by atoms with E-state index in [1.165, 1.54) is 17.8 Å². The van der Waals surface area contributed by atoms with E-state index in [1.54, 1.807) is 36.5 Å². The van der Waals surface area contributed by atoms with E-state index in [-0.39, 0.29) is 5.76 Å². The molecule has 0 bridgehead atoms. The van der Waals surface area contributed by atoms with Crippen molar-refractivity contribution >= 4 is 35.1 Å². The summed E-state index contributed by atoms with van der Waals surface area (Å²) in [5.74, 6) is -1.78. The maximum absolute atomic E-state index is 12.6. The van der Waals surface area contributed by atoms with Crippen molar-refractivity contribution in [3.05, 3.63) is 60.3 Å². The fraction of sp³-hybridized carbons (Fsp3) is 0.176. The highest BCUT2D eigenvalue weighted by Crippen LogP contribution is 2.32. The van der Waals surface area contributed by atoms with E-state index < -0.39 is 11.7 Å². The normalized spacial score (nSPS) is 11.1. The van der Waals surface area contributed by atoms with Crippen molar-refractivity contribution < 1.29 is 18.0 Å². The third-order valence-corrected chi connectivity index (χ3v) is 5.23. The smallest absolute Gasteiger partial charge is 0.291 e. The van der Waals surface area contributed by atoms with Crippen molar-refractivity contribution in [2.24, 2.45) is 7.05 Å². The lowest BCUT2D eigenvalue weighted by Gasteiger charge is -2.09. The Hall–Kier alpha value is -2.26. The Kier molecular flexibility index (Phi) is 6.00. The Labute approximate surface area is 157 Å². The van der Waals surface area contributed by atoms with Crippen LogP contribution in [-0.2, 0) is 12.8 Å². The molecule has 0 aliphatic rings. The van der Waals surface area contributed by atoms with Crippen LogP contribution in [0, 0.1) is 0 Å². The molecule has 9 heteroatoms. The summed E-state index contributed by atoms with van der Waals surface area (Å²) in [6, 6.07) is 9.69. The molecule has 0 saturated heterocycles. The fourth-order valence-electron chi connectivity index (χ4n) is 2.16. The third kappa shape index (κ3) is 4.67. The molecule has 0 atom stereocenters. The summed E-state index contributed by atoms with van der Waals surface area (Å²) in [4.78, 5) is 16.8. The minimum absolute atomic E-state index is 0.122.